The lowest BCUT2D eigenvalue weighted by molar-refractivity contribution is 0.0532. The second-order valence-electron chi connectivity index (χ2n) is 5.43. The molecule has 6 nitrogen and oxygen atoms in total. The number of amides is 2. The summed E-state index contributed by atoms with van der Waals surface area (Å²) >= 11 is 7.32. The van der Waals surface area contributed by atoms with Crippen molar-refractivity contribution in [3.8, 4) is 0 Å². The van der Waals surface area contributed by atoms with E-state index >= 15 is 0 Å². The van der Waals surface area contributed by atoms with Crippen LogP contribution in [0.1, 0.15) is 25.9 Å². The van der Waals surface area contributed by atoms with E-state index in [-0.39, 0.29) is 24.2 Å². The third-order valence-electron chi connectivity index (χ3n) is 3.87. The van der Waals surface area contributed by atoms with E-state index < -0.39 is 0 Å². The second kappa shape index (κ2) is 8.62. The molecule has 1 aromatic heterocycles. The number of carbonyl (C=O) groups is 2. The van der Waals surface area contributed by atoms with Gasteiger partial charge in [-0.25, -0.2) is 4.98 Å². The molecule has 1 saturated heterocycles. The zero-order valence-corrected chi connectivity index (χ0v) is 15.7. The standard InChI is InChI=1S/C16H17ClN4O2S.ClH/c17-12-3-1-2-11(8-12)15(22)20-4-6-21(7-5-20)16(23)13-10-24-14(9-18)19-13;/h1-3,8,10H,4-7,9,18H2;1H. The minimum atomic E-state index is -0.110. The quantitative estimate of drug-likeness (QED) is 0.856. The van der Waals surface area contributed by atoms with Gasteiger partial charge in [-0.05, 0) is 18.2 Å². The van der Waals surface area contributed by atoms with Gasteiger partial charge in [0.15, 0.2) is 0 Å². The minimum Gasteiger partial charge on any atom is -0.335 e. The van der Waals surface area contributed by atoms with Crippen LogP contribution in [0.2, 0.25) is 5.02 Å². The van der Waals surface area contributed by atoms with Gasteiger partial charge in [0.2, 0.25) is 0 Å². The fourth-order valence-corrected chi connectivity index (χ4v) is 3.42. The molecule has 9 heteroatoms. The lowest BCUT2D eigenvalue weighted by Gasteiger charge is -2.34. The number of aromatic nitrogens is 1. The Balaban J connectivity index is 0.00000225. The van der Waals surface area contributed by atoms with Crippen molar-refractivity contribution in [2.45, 2.75) is 6.54 Å². The first kappa shape index (κ1) is 19.7. The van der Waals surface area contributed by atoms with Gasteiger partial charge in [0.1, 0.15) is 10.7 Å². The number of nitrogens with two attached hydrogens (primary N) is 1. The zero-order chi connectivity index (χ0) is 17.1. The normalized spacial score (nSPS) is 14.2. The molecule has 1 aliphatic heterocycles. The molecule has 0 aliphatic carbocycles. The highest BCUT2D eigenvalue weighted by Crippen LogP contribution is 2.16. The van der Waals surface area contributed by atoms with Crippen LogP contribution in [0.15, 0.2) is 29.6 Å². The van der Waals surface area contributed by atoms with Crippen molar-refractivity contribution in [1.82, 2.24) is 14.8 Å². The summed E-state index contributed by atoms with van der Waals surface area (Å²) < 4.78 is 0. The summed E-state index contributed by atoms with van der Waals surface area (Å²) in [5.74, 6) is -0.176. The Morgan fingerprint density at radius 3 is 2.36 bits per heavy atom. The van der Waals surface area contributed by atoms with Crippen molar-refractivity contribution in [2.24, 2.45) is 5.73 Å². The van der Waals surface area contributed by atoms with Crippen LogP contribution in [-0.2, 0) is 6.54 Å². The van der Waals surface area contributed by atoms with Gasteiger partial charge in [0.05, 0.1) is 0 Å². The van der Waals surface area contributed by atoms with E-state index in [2.05, 4.69) is 4.98 Å². The Morgan fingerprint density at radius 2 is 1.80 bits per heavy atom. The molecule has 1 fully saturated rings. The summed E-state index contributed by atoms with van der Waals surface area (Å²) in [6.07, 6.45) is 0. The Hall–Kier alpha value is -1.67. The van der Waals surface area contributed by atoms with Crippen LogP contribution in [0.3, 0.4) is 0 Å². The Bertz CT molecular complexity index is 760. The third-order valence-corrected chi connectivity index (χ3v) is 4.98. The molecule has 0 spiro atoms. The summed E-state index contributed by atoms with van der Waals surface area (Å²) in [4.78, 5) is 32.6. The highest BCUT2D eigenvalue weighted by molar-refractivity contribution is 7.09. The van der Waals surface area contributed by atoms with E-state index in [1.165, 1.54) is 11.3 Å². The number of carbonyl (C=O) groups excluding carboxylic acids is 2. The van der Waals surface area contributed by atoms with E-state index in [4.69, 9.17) is 17.3 Å². The Morgan fingerprint density at radius 1 is 1.16 bits per heavy atom. The smallest absolute Gasteiger partial charge is 0.273 e. The Labute approximate surface area is 161 Å². The van der Waals surface area contributed by atoms with Crippen LogP contribution in [0.4, 0.5) is 0 Å². The summed E-state index contributed by atoms with van der Waals surface area (Å²) in [7, 11) is 0. The van der Waals surface area contributed by atoms with Crippen molar-refractivity contribution < 1.29 is 9.59 Å². The lowest BCUT2D eigenvalue weighted by atomic mass is 10.2. The van der Waals surface area contributed by atoms with Gasteiger partial charge in [0, 0.05) is 48.7 Å². The summed E-state index contributed by atoms with van der Waals surface area (Å²) in [6.45, 7) is 2.29. The number of piperazine rings is 1. The molecule has 0 saturated carbocycles. The van der Waals surface area contributed by atoms with Gasteiger partial charge in [-0.15, -0.1) is 23.7 Å². The first-order chi connectivity index (χ1) is 11.6. The summed E-state index contributed by atoms with van der Waals surface area (Å²) in [6, 6.07) is 6.89. The molecule has 134 valence electrons. The van der Waals surface area contributed by atoms with Crippen molar-refractivity contribution in [1.29, 1.82) is 0 Å². The predicted octanol–water partition coefficient (Wildman–Crippen LogP) is 2.28. The number of hydrogen-bond donors (Lipinski definition) is 1. The van der Waals surface area contributed by atoms with E-state index in [1.54, 1.807) is 39.4 Å². The van der Waals surface area contributed by atoms with Crippen LogP contribution in [-0.4, -0.2) is 52.8 Å². The van der Waals surface area contributed by atoms with Gasteiger partial charge in [-0.1, -0.05) is 17.7 Å². The predicted molar refractivity (Wildman–Crippen MR) is 101 cm³/mol. The topological polar surface area (TPSA) is 79.5 Å². The number of halogens is 2. The molecule has 2 aromatic rings. The lowest BCUT2D eigenvalue weighted by Crippen LogP contribution is -2.50. The number of thiazole rings is 1. The Kier molecular flexibility index (Phi) is 6.78. The zero-order valence-electron chi connectivity index (χ0n) is 13.4. The number of rotatable bonds is 3. The van der Waals surface area contributed by atoms with Crippen LogP contribution in [0, 0.1) is 0 Å². The van der Waals surface area contributed by atoms with Crippen molar-refractivity contribution >= 4 is 47.2 Å². The van der Waals surface area contributed by atoms with Gasteiger partial charge < -0.3 is 15.5 Å². The molecule has 2 N–H and O–H groups in total. The maximum Gasteiger partial charge on any atom is 0.273 e. The average molecular weight is 401 g/mol. The van der Waals surface area contributed by atoms with Gasteiger partial charge >= 0.3 is 0 Å². The SMILES string of the molecule is Cl.NCc1nc(C(=O)N2CCN(C(=O)c3cccc(Cl)c3)CC2)cs1. The fourth-order valence-electron chi connectivity index (χ4n) is 2.58. The maximum atomic E-state index is 12.5. The third kappa shape index (κ3) is 4.49. The summed E-state index contributed by atoms with van der Waals surface area (Å²) in [5, 5.41) is 3.01. The fraction of sp³-hybridized carbons (Fsp3) is 0.312. The molecule has 25 heavy (non-hydrogen) atoms. The van der Waals surface area contributed by atoms with Gasteiger partial charge in [-0.2, -0.15) is 0 Å². The molecule has 2 amide bonds. The molecular formula is C16H18Cl2N4O2S. The second-order valence-corrected chi connectivity index (χ2v) is 6.80. The first-order valence-corrected chi connectivity index (χ1v) is 8.83. The van der Waals surface area contributed by atoms with E-state index in [0.717, 1.165) is 5.01 Å². The monoisotopic (exact) mass is 400 g/mol. The molecule has 0 atom stereocenters. The van der Waals surface area contributed by atoms with Crippen LogP contribution in [0.25, 0.3) is 0 Å². The average Bonchev–Trinajstić information content (AvgIpc) is 3.10. The van der Waals surface area contributed by atoms with Crippen LogP contribution in [0.5, 0.6) is 0 Å². The van der Waals surface area contributed by atoms with E-state index in [9.17, 15) is 9.59 Å². The van der Waals surface area contributed by atoms with Gasteiger partial charge in [-0.3, -0.25) is 9.59 Å². The van der Waals surface area contributed by atoms with E-state index in [0.29, 0.717) is 49.0 Å². The molecular weight excluding hydrogens is 383 g/mol. The van der Waals surface area contributed by atoms with Crippen molar-refractivity contribution in [3.05, 3.63) is 50.9 Å². The maximum absolute atomic E-state index is 12.5. The molecule has 3 rings (SSSR count). The largest absolute Gasteiger partial charge is 0.335 e. The molecule has 1 aliphatic rings. The van der Waals surface area contributed by atoms with E-state index in [1.807, 2.05) is 0 Å². The highest BCUT2D eigenvalue weighted by Gasteiger charge is 2.26. The molecule has 0 unspecified atom stereocenters. The number of benzene rings is 1. The van der Waals surface area contributed by atoms with Crippen molar-refractivity contribution in [2.75, 3.05) is 26.2 Å². The molecule has 0 bridgehead atoms. The molecule has 0 radical (unpaired) electrons. The number of nitrogens with zero attached hydrogens (tertiary/aromatic N) is 3. The summed E-state index contributed by atoms with van der Waals surface area (Å²) in [5.41, 5.74) is 6.52. The van der Waals surface area contributed by atoms with Crippen LogP contribution >= 0.6 is 35.3 Å². The minimum absolute atomic E-state index is 0. The highest BCUT2D eigenvalue weighted by atomic mass is 35.5. The van der Waals surface area contributed by atoms with Gasteiger partial charge in [0.25, 0.3) is 11.8 Å². The number of hydrogen-bond acceptors (Lipinski definition) is 5. The van der Waals surface area contributed by atoms with Crippen LogP contribution < -0.4 is 5.73 Å². The molecule has 1 aromatic carbocycles. The van der Waals surface area contributed by atoms with Crippen molar-refractivity contribution in [3.63, 3.8) is 0 Å². The molecule has 2 heterocycles. The first-order valence-electron chi connectivity index (χ1n) is 7.57.